The summed E-state index contributed by atoms with van der Waals surface area (Å²) in [6.45, 7) is 2.95. The van der Waals surface area contributed by atoms with Crippen molar-refractivity contribution in [1.82, 2.24) is 15.2 Å². The van der Waals surface area contributed by atoms with Crippen LogP contribution in [0.2, 0.25) is 0 Å². The zero-order chi connectivity index (χ0) is 13.5. The van der Waals surface area contributed by atoms with Gasteiger partial charge in [-0.15, -0.1) is 12.4 Å². The van der Waals surface area contributed by atoms with E-state index >= 15 is 0 Å². The number of pyridine rings is 1. The number of nitrogens with zero attached hydrogens (tertiary/aromatic N) is 1. The summed E-state index contributed by atoms with van der Waals surface area (Å²) in [7, 11) is 0. The molecule has 1 unspecified atom stereocenters. The Hall–Kier alpha value is -1.33. The van der Waals surface area contributed by atoms with Gasteiger partial charge in [-0.25, -0.2) is 0 Å². The van der Waals surface area contributed by atoms with Crippen LogP contribution in [0.25, 0.3) is 0 Å². The number of halogens is 1. The van der Waals surface area contributed by atoms with Crippen LogP contribution >= 0.6 is 12.4 Å². The van der Waals surface area contributed by atoms with Gasteiger partial charge in [-0.2, -0.15) is 0 Å². The van der Waals surface area contributed by atoms with Crippen molar-refractivity contribution >= 4 is 18.3 Å². The first-order valence-electron chi connectivity index (χ1n) is 6.88. The third-order valence-electron chi connectivity index (χ3n) is 3.49. The number of rotatable bonds is 5. The number of piperidine rings is 1. The van der Waals surface area contributed by atoms with Crippen molar-refractivity contribution < 1.29 is 4.79 Å². The third kappa shape index (κ3) is 5.35. The smallest absolute Gasteiger partial charge is 0.250 e. The first-order chi connectivity index (χ1) is 9.25. The molecule has 0 bridgehead atoms. The molecule has 0 aromatic carbocycles. The topological polar surface area (TPSA) is 63.1 Å². The van der Waals surface area contributed by atoms with E-state index in [4.69, 9.17) is 0 Å². The highest BCUT2D eigenvalue weighted by molar-refractivity contribution is 5.85. The number of amides is 1. The highest BCUT2D eigenvalue weighted by atomic mass is 35.5. The van der Waals surface area contributed by atoms with Gasteiger partial charge in [0.15, 0.2) is 0 Å². The summed E-state index contributed by atoms with van der Waals surface area (Å²) in [4.78, 5) is 23.2. The summed E-state index contributed by atoms with van der Waals surface area (Å²) in [5.41, 5.74) is -0.144. The van der Waals surface area contributed by atoms with E-state index in [1.165, 1.54) is 23.5 Å². The van der Waals surface area contributed by atoms with E-state index in [1.54, 1.807) is 18.3 Å². The van der Waals surface area contributed by atoms with E-state index in [2.05, 4.69) is 10.6 Å². The van der Waals surface area contributed by atoms with Crippen LogP contribution in [0.4, 0.5) is 0 Å². The second-order valence-corrected chi connectivity index (χ2v) is 5.02. The number of carbonyl (C=O) groups excluding carboxylic acids is 1. The monoisotopic (exact) mass is 299 g/mol. The van der Waals surface area contributed by atoms with E-state index in [1.807, 2.05) is 0 Å². The summed E-state index contributed by atoms with van der Waals surface area (Å²) < 4.78 is 1.41. The minimum atomic E-state index is -0.144. The molecule has 1 aliphatic rings. The van der Waals surface area contributed by atoms with Crippen molar-refractivity contribution in [3.05, 3.63) is 34.7 Å². The Bertz CT molecular complexity index is 469. The largest absolute Gasteiger partial charge is 0.355 e. The van der Waals surface area contributed by atoms with Gasteiger partial charge in [0, 0.05) is 18.8 Å². The lowest BCUT2D eigenvalue weighted by Crippen LogP contribution is -2.35. The zero-order valence-electron chi connectivity index (χ0n) is 11.5. The lowest BCUT2D eigenvalue weighted by atomic mass is 9.96. The molecule has 1 aromatic heterocycles. The van der Waals surface area contributed by atoms with Gasteiger partial charge in [-0.1, -0.05) is 6.07 Å². The molecular formula is C14H22ClN3O2. The quantitative estimate of drug-likeness (QED) is 0.844. The van der Waals surface area contributed by atoms with Crippen LogP contribution in [0.15, 0.2) is 29.2 Å². The van der Waals surface area contributed by atoms with Gasteiger partial charge < -0.3 is 15.2 Å². The molecule has 112 valence electrons. The van der Waals surface area contributed by atoms with Crippen molar-refractivity contribution in [3.8, 4) is 0 Å². The summed E-state index contributed by atoms with van der Waals surface area (Å²) in [5.74, 6) is 0.561. The molecule has 1 aromatic rings. The molecule has 2 rings (SSSR count). The van der Waals surface area contributed by atoms with Crippen molar-refractivity contribution in [2.45, 2.75) is 25.8 Å². The SMILES string of the molecule is Cl.O=C(Cn1ccccc1=O)NCCC1CCCNC1. The molecule has 1 fully saturated rings. The lowest BCUT2D eigenvalue weighted by molar-refractivity contribution is -0.121. The normalized spacial score (nSPS) is 18.1. The van der Waals surface area contributed by atoms with Crippen LogP contribution in [-0.2, 0) is 11.3 Å². The average Bonchev–Trinajstić information content (AvgIpc) is 2.43. The molecule has 1 aliphatic heterocycles. The van der Waals surface area contributed by atoms with Crippen LogP contribution in [0, 0.1) is 5.92 Å². The third-order valence-corrected chi connectivity index (χ3v) is 3.49. The first kappa shape index (κ1) is 16.7. The van der Waals surface area contributed by atoms with Crippen molar-refractivity contribution in [1.29, 1.82) is 0 Å². The summed E-state index contributed by atoms with van der Waals surface area (Å²) in [6.07, 6.45) is 5.09. The molecule has 0 spiro atoms. The Balaban J connectivity index is 0.00000200. The van der Waals surface area contributed by atoms with Crippen LogP contribution in [0.1, 0.15) is 19.3 Å². The number of nitrogens with one attached hydrogen (secondary N) is 2. The second-order valence-electron chi connectivity index (χ2n) is 5.02. The first-order valence-corrected chi connectivity index (χ1v) is 6.88. The number of aromatic nitrogens is 1. The predicted octanol–water partition coefficient (Wildman–Crippen LogP) is 0.776. The van der Waals surface area contributed by atoms with Crippen LogP contribution in [0.5, 0.6) is 0 Å². The van der Waals surface area contributed by atoms with Gasteiger partial charge in [0.05, 0.1) is 0 Å². The van der Waals surface area contributed by atoms with Gasteiger partial charge in [-0.05, 0) is 44.3 Å². The predicted molar refractivity (Wildman–Crippen MR) is 81.2 cm³/mol. The molecule has 5 nitrogen and oxygen atoms in total. The van der Waals surface area contributed by atoms with Gasteiger partial charge in [0.2, 0.25) is 5.91 Å². The average molecular weight is 300 g/mol. The minimum Gasteiger partial charge on any atom is -0.355 e. The highest BCUT2D eigenvalue weighted by Crippen LogP contribution is 2.12. The maximum Gasteiger partial charge on any atom is 0.250 e. The van der Waals surface area contributed by atoms with E-state index in [0.717, 1.165) is 19.5 Å². The number of hydrogen-bond acceptors (Lipinski definition) is 3. The molecule has 1 amide bonds. The van der Waals surface area contributed by atoms with Gasteiger partial charge in [0.1, 0.15) is 6.54 Å². The maximum absolute atomic E-state index is 11.7. The van der Waals surface area contributed by atoms with Gasteiger partial charge in [0.25, 0.3) is 5.56 Å². The fourth-order valence-corrected chi connectivity index (χ4v) is 2.39. The molecule has 0 aliphatic carbocycles. The Labute approximate surface area is 125 Å². The Kier molecular flexibility index (Phi) is 7.33. The second kappa shape index (κ2) is 8.76. The van der Waals surface area contributed by atoms with Crippen molar-refractivity contribution in [3.63, 3.8) is 0 Å². The van der Waals surface area contributed by atoms with Crippen LogP contribution in [0.3, 0.4) is 0 Å². The standard InChI is InChI=1S/C14H21N3O2.ClH/c18-13(11-17-9-2-1-5-14(17)19)16-8-6-12-4-3-7-15-10-12;/h1-2,5,9,12,15H,3-4,6-8,10-11H2,(H,16,18);1H. The fraction of sp³-hybridized carbons (Fsp3) is 0.571. The lowest BCUT2D eigenvalue weighted by Gasteiger charge is -2.22. The molecular weight excluding hydrogens is 278 g/mol. The van der Waals surface area contributed by atoms with E-state index in [9.17, 15) is 9.59 Å². The van der Waals surface area contributed by atoms with Crippen molar-refractivity contribution in [2.75, 3.05) is 19.6 Å². The maximum atomic E-state index is 11.7. The number of hydrogen-bond donors (Lipinski definition) is 2. The molecule has 6 heteroatoms. The molecule has 2 N–H and O–H groups in total. The molecule has 20 heavy (non-hydrogen) atoms. The fourth-order valence-electron chi connectivity index (χ4n) is 2.39. The Morgan fingerprint density at radius 1 is 1.45 bits per heavy atom. The zero-order valence-corrected chi connectivity index (χ0v) is 12.3. The molecule has 1 saturated heterocycles. The van der Waals surface area contributed by atoms with E-state index in [-0.39, 0.29) is 30.4 Å². The Morgan fingerprint density at radius 3 is 3.00 bits per heavy atom. The summed E-state index contributed by atoms with van der Waals surface area (Å²) in [5, 5.41) is 6.24. The minimum absolute atomic E-state index is 0. The van der Waals surface area contributed by atoms with Gasteiger partial charge in [-0.3, -0.25) is 9.59 Å². The molecule has 1 atom stereocenters. The molecule has 0 radical (unpaired) electrons. The van der Waals surface area contributed by atoms with E-state index < -0.39 is 0 Å². The number of carbonyl (C=O) groups is 1. The van der Waals surface area contributed by atoms with Crippen LogP contribution in [-0.4, -0.2) is 30.1 Å². The van der Waals surface area contributed by atoms with E-state index in [0.29, 0.717) is 12.5 Å². The van der Waals surface area contributed by atoms with Gasteiger partial charge >= 0.3 is 0 Å². The summed E-state index contributed by atoms with van der Waals surface area (Å²) in [6, 6.07) is 4.89. The van der Waals surface area contributed by atoms with Crippen LogP contribution < -0.4 is 16.2 Å². The Morgan fingerprint density at radius 2 is 2.30 bits per heavy atom. The highest BCUT2D eigenvalue weighted by Gasteiger charge is 2.12. The molecule has 0 saturated carbocycles. The summed E-state index contributed by atoms with van der Waals surface area (Å²) >= 11 is 0. The molecule has 2 heterocycles. The van der Waals surface area contributed by atoms with Crippen molar-refractivity contribution in [2.24, 2.45) is 5.92 Å².